The van der Waals surface area contributed by atoms with Crippen LogP contribution < -0.4 is 5.32 Å². The van der Waals surface area contributed by atoms with Crippen LogP contribution in [0.25, 0.3) is 0 Å². The SMILES string of the molecule is O=NCNCc1ccccc1. The van der Waals surface area contributed by atoms with Crippen LogP contribution in [0.3, 0.4) is 0 Å². The van der Waals surface area contributed by atoms with E-state index in [-0.39, 0.29) is 6.67 Å². The molecule has 0 aromatic heterocycles. The molecule has 0 saturated carbocycles. The van der Waals surface area contributed by atoms with Gasteiger partial charge in [-0.15, -0.1) is 4.91 Å². The number of nitrogens with zero attached hydrogens (tertiary/aromatic N) is 1. The predicted molar refractivity (Wildman–Crippen MR) is 43.9 cm³/mol. The number of rotatable bonds is 4. The fourth-order valence-electron chi connectivity index (χ4n) is 0.842. The Balaban J connectivity index is 2.33. The van der Waals surface area contributed by atoms with E-state index in [0.29, 0.717) is 6.54 Å². The molecule has 0 spiro atoms. The fraction of sp³-hybridized carbons (Fsp3) is 0.250. The molecule has 58 valence electrons. The van der Waals surface area contributed by atoms with Crippen molar-refractivity contribution in [3.63, 3.8) is 0 Å². The van der Waals surface area contributed by atoms with Crippen LogP contribution in [0.5, 0.6) is 0 Å². The molecule has 1 aromatic rings. The molecule has 0 bridgehead atoms. The molecule has 0 radical (unpaired) electrons. The fourth-order valence-corrected chi connectivity index (χ4v) is 0.842. The summed E-state index contributed by atoms with van der Waals surface area (Å²) in [4.78, 5) is 9.68. The second-order valence-corrected chi connectivity index (χ2v) is 2.20. The van der Waals surface area contributed by atoms with Crippen molar-refractivity contribution < 1.29 is 0 Å². The second-order valence-electron chi connectivity index (χ2n) is 2.20. The standard InChI is InChI=1S/C8H10N2O/c11-10-7-9-6-8-4-2-1-3-5-8/h1-5,9H,6-7H2. The number of nitrogens with one attached hydrogen (secondary N) is 1. The molecule has 0 saturated heterocycles. The Morgan fingerprint density at radius 2 is 2.00 bits per heavy atom. The molecule has 3 nitrogen and oxygen atoms in total. The average molecular weight is 150 g/mol. The Morgan fingerprint density at radius 3 is 2.64 bits per heavy atom. The van der Waals surface area contributed by atoms with Crippen molar-refractivity contribution in [3.05, 3.63) is 40.8 Å². The maximum atomic E-state index is 9.68. The summed E-state index contributed by atoms with van der Waals surface area (Å²) in [6, 6.07) is 9.88. The van der Waals surface area contributed by atoms with E-state index in [1.54, 1.807) is 0 Å². The first-order chi connectivity index (χ1) is 5.43. The molecule has 0 aliphatic heterocycles. The molecular formula is C8H10N2O. The summed E-state index contributed by atoms with van der Waals surface area (Å²) >= 11 is 0. The summed E-state index contributed by atoms with van der Waals surface area (Å²) in [7, 11) is 0. The van der Waals surface area contributed by atoms with Gasteiger partial charge in [0.2, 0.25) is 0 Å². The lowest BCUT2D eigenvalue weighted by Gasteiger charge is -1.98. The number of benzene rings is 1. The highest BCUT2D eigenvalue weighted by Crippen LogP contribution is 1.96. The van der Waals surface area contributed by atoms with Gasteiger partial charge < -0.3 is 0 Å². The Bertz CT molecular complexity index is 211. The summed E-state index contributed by atoms with van der Waals surface area (Å²) < 4.78 is 0. The summed E-state index contributed by atoms with van der Waals surface area (Å²) in [5, 5.41) is 5.56. The molecule has 0 atom stereocenters. The van der Waals surface area contributed by atoms with E-state index >= 15 is 0 Å². The Hall–Kier alpha value is -1.22. The van der Waals surface area contributed by atoms with Crippen LogP contribution in [0.2, 0.25) is 0 Å². The highest BCUT2D eigenvalue weighted by atomic mass is 16.3. The van der Waals surface area contributed by atoms with Gasteiger partial charge in [0.25, 0.3) is 0 Å². The maximum Gasteiger partial charge on any atom is 0.131 e. The van der Waals surface area contributed by atoms with Gasteiger partial charge in [0.05, 0.1) is 0 Å². The maximum absolute atomic E-state index is 9.68. The molecule has 1 aromatic carbocycles. The van der Waals surface area contributed by atoms with Gasteiger partial charge in [-0.2, -0.15) is 0 Å². The van der Waals surface area contributed by atoms with E-state index in [2.05, 4.69) is 10.5 Å². The van der Waals surface area contributed by atoms with Crippen molar-refractivity contribution in [2.45, 2.75) is 6.54 Å². The second kappa shape index (κ2) is 4.57. The lowest BCUT2D eigenvalue weighted by atomic mass is 10.2. The van der Waals surface area contributed by atoms with E-state index in [1.165, 1.54) is 0 Å². The third-order valence-electron chi connectivity index (χ3n) is 1.35. The zero-order valence-electron chi connectivity index (χ0n) is 6.16. The van der Waals surface area contributed by atoms with Gasteiger partial charge in [0.1, 0.15) is 6.67 Å². The largest absolute Gasteiger partial charge is 0.291 e. The van der Waals surface area contributed by atoms with Gasteiger partial charge in [-0.25, -0.2) is 0 Å². The third kappa shape index (κ3) is 2.91. The Labute approximate surface area is 65.4 Å². The normalized spacial score (nSPS) is 9.45. The van der Waals surface area contributed by atoms with Crippen LogP contribution in [0.4, 0.5) is 0 Å². The van der Waals surface area contributed by atoms with Crippen molar-refractivity contribution in [1.29, 1.82) is 0 Å². The van der Waals surface area contributed by atoms with Gasteiger partial charge in [-0.3, -0.25) is 5.32 Å². The first kappa shape index (κ1) is 7.88. The molecule has 0 heterocycles. The minimum Gasteiger partial charge on any atom is -0.291 e. The van der Waals surface area contributed by atoms with Gasteiger partial charge >= 0.3 is 0 Å². The molecule has 3 heteroatoms. The highest BCUT2D eigenvalue weighted by Gasteiger charge is 1.87. The van der Waals surface area contributed by atoms with Crippen molar-refractivity contribution in [3.8, 4) is 0 Å². The molecule has 0 fully saturated rings. The number of hydrogen-bond donors (Lipinski definition) is 1. The molecular weight excluding hydrogens is 140 g/mol. The number of nitroso groups, excluding NO2 is 1. The van der Waals surface area contributed by atoms with Crippen molar-refractivity contribution in [2.24, 2.45) is 5.18 Å². The molecule has 0 aliphatic rings. The van der Waals surface area contributed by atoms with Gasteiger partial charge in [-0.05, 0) is 5.56 Å². The first-order valence-corrected chi connectivity index (χ1v) is 3.47. The highest BCUT2D eigenvalue weighted by molar-refractivity contribution is 5.14. The summed E-state index contributed by atoms with van der Waals surface area (Å²) in [6.07, 6.45) is 0. The van der Waals surface area contributed by atoms with Gasteiger partial charge in [0, 0.05) is 6.54 Å². The Kier molecular flexibility index (Phi) is 3.28. The molecule has 0 aliphatic carbocycles. The lowest BCUT2D eigenvalue weighted by Crippen LogP contribution is -2.12. The van der Waals surface area contributed by atoms with E-state index < -0.39 is 0 Å². The predicted octanol–water partition coefficient (Wildman–Crippen LogP) is 1.50. The van der Waals surface area contributed by atoms with Crippen molar-refractivity contribution in [1.82, 2.24) is 5.32 Å². The van der Waals surface area contributed by atoms with Gasteiger partial charge in [0.15, 0.2) is 0 Å². The van der Waals surface area contributed by atoms with Gasteiger partial charge in [-0.1, -0.05) is 35.5 Å². The smallest absolute Gasteiger partial charge is 0.131 e. The van der Waals surface area contributed by atoms with E-state index in [0.717, 1.165) is 5.56 Å². The quantitative estimate of drug-likeness (QED) is 0.522. The zero-order chi connectivity index (χ0) is 7.94. The third-order valence-corrected chi connectivity index (χ3v) is 1.35. The molecule has 1 rings (SSSR count). The number of hydrogen-bond acceptors (Lipinski definition) is 3. The minimum atomic E-state index is 0.175. The van der Waals surface area contributed by atoms with E-state index in [4.69, 9.17) is 0 Å². The van der Waals surface area contributed by atoms with Crippen molar-refractivity contribution >= 4 is 0 Å². The summed E-state index contributed by atoms with van der Waals surface area (Å²) in [5.41, 5.74) is 1.16. The van der Waals surface area contributed by atoms with Crippen molar-refractivity contribution in [2.75, 3.05) is 6.67 Å². The van der Waals surface area contributed by atoms with Crippen LogP contribution in [-0.2, 0) is 6.54 Å². The van der Waals surface area contributed by atoms with Crippen LogP contribution >= 0.6 is 0 Å². The summed E-state index contributed by atoms with van der Waals surface area (Å²) in [6.45, 7) is 0.876. The van der Waals surface area contributed by atoms with Crippen LogP contribution in [0.1, 0.15) is 5.56 Å². The van der Waals surface area contributed by atoms with E-state index in [9.17, 15) is 4.91 Å². The van der Waals surface area contributed by atoms with Crippen LogP contribution in [0, 0.1) is 4.91 Å². The monoisotopic (exact) mass is 150 g/mol. The van der Waals surface area contributed by atoms with Crippen LogP contribution in [-0.4, -0.2) is 6.67 Å². The zero-order valence-corrected chi connectivity index (χ0v) is 6.16. The topological polar surface area (TPSA) is 41.5 Å². The van der Waals surface area contributed by atoms with E-state index in [1.807, 2.05) is 30.3 Å². The Morgan fingerprint density at radius 1 is 1.27 bits per heavy atom. The first-order valence-electron chi connectivity index (χ1n) is 3.47. The molecule has 1 N–H and O–H groups in total. The van der Waals surface area contributed by atoms with Crippen LogP contribution in [0.15, 0.2) is 35.5 Å². The average Bonchev–Trinajstić information content (AvgIpc) is 2.07. The minimum absolute atomic E-state index is 0.175. The molecule has 0 amide bonds. The lowest BCUT2D eigenvalue weighted by molar-refractivity contribution is 0.707. The summed E-state index contributed by atoms with van der Waals surface area (Å²) in [5.74, 6) is 0. The molecule has 0 unspecified atom stereocenters. The molecule has 11 heavy (non-hydrogen) atoms.